The Balaban J connectivity index is 1.24. The number of pyridine rings is 1. The van der Waals surface area contributed by atoms with Crippen LogP contribution in [-0.2, 0) is 0 Å². The maximum atomic E-state index is 4.47. The minimum atomic E-state index is 0.727. The number of hydrogen-bond donors (Lipinski definition) is 1. The molecule has 4 rings (SSSR count). The number of rotatable bonds is 6. The van der Waals surface area contributed by atoms with Crippen LogP contribution >= 0.6 is 0 Å². The Bertz CT molecular complexity index is 433. The van der Waals surface area contributed by atoms with Crippen LogP contribution in [0.5, 0.6) is 0 Å². The average Bonchev–Trinajstić information content (AvgIpc) is 3.43. The van der Waals surface area contributed by atoms with Crippen LogP contribution in [0.25, 0.3) is 0 Å². The third kappa shape index (κ3) is 3.39. The van der Waals surface area contributed by atoms with E-state index < -0.39 is 0 Å². The Morgan fingerprint density at radius 1 is 1.05 bits per heavy atom. The first-order valence-corrected chi connectivity index (χ1v) is 8.79. The Morgan fingerprint density at radius 3 is 2.33 bits per heavy atom. The highest BCUT2D eigenvalue weighted by Gasteiger charge is 2.41. The molecule has 2 saturated carbocycles. The third-order valence-electron chi connectivity index (χ3n) is 5.57. The molecule has 21 heavy (non-hydrogen) atoms. The van der Waals surface area contributed by atoms with Gasteiger partial charge < -0.3 is 10.2 Å². The zero-order chi connectivity index (χ0) is 14.1. The lowest BCUT2D eigenvalue weighted by Crippen LogP contribution is -2.44. The second-order valence-corrected chi connectivity index (χ2v) is 7.20. The molecule has 0 spiro atoms. The summed E-state index contributed by atoms with van der Waals surface area (Å²) in [4.78, 5) is 6.90. The van der Waals surface area contributed by atoms with Crippen molar-refractivity contribution in [2.75, 3.05) is 24.5 Å². The number of aromatic nitrogens is 1. The summed E-state index contributed by atoms with van der Waals surface area (Å²) < 4.78 is 0. The van der Waals surface area contributed by atoms with E-state index in [1.165, 1.54) is 45.1 Å². The van der Waals surface area contributed by atoms with E-state index in [2.05, 4.69) is 27.3 Å². The molecule has 0 atom stereocenters. The van der Waals surface area contributed by atoms with Gasteiger partial charge in [0.15, 0.2) is 0 Å². The molecule has 1 N–H and O–H groups in total. The number of nitrogens with one attached hydrogen (secondary N) is 1. The molecule has 1 aliphatic heterocycles. The fourth-order valence-electron chi connectivity index (χ4n) is 3.92. The lowest BCUT2D eigenvalue weighted by atomic mass is 9.96. The molecule has 0 amide bonds. The van der Waals surface area contributed by atoms with Crippen LogP contribution in [0.1, 0.15) is 38.5 Å². The first kappa shape index (κ1) is 13.6. The molecule has 2 aliphatic carbocycles. The van der Waals surface area contributed by atoms with E-state index in [0.29, 0.717) is 0 Å². The normalized spacial score (nSPS) is 23.8. The molecular formula is C18H27N3. The second kappa shape index (κ2) is 5.96. The Hall–Kier alpha value is -1.09. The van der Waals surface area contributed by atoms with Crippen LogP contribution in [0.4, 0.5) is 5.82 Å². The van der Waals surface area contributed by atoms with Crippen LogP contribution < -0.4 is 10.2 Å². The highest BCUT2D eigenvalue weighted by molar-refractivity contribution is 5.38. The van der Waals surface area contributed by atoms with Gasteiger partial charge in [-0.3, -0.25) is 0 Å². The van der Waals surface area contributed by atoms with Gasteiger partial charge in [-0.05, 0) is 75.0 Å². The molecule has 1 aromatic rings. The minimum absolute atomic E-state index is 0.727. The first-order valence-electron chi connectivity index (χ1n) is 8.79. The molecule has 114 valence electrons. The van der Waals surface area contributed by atoms with Gasteiger partial charge in [0, 0.05) is 25.3 Å². The summed E-state index contributed by atoms with van der Waals surface area (Å²) in [6.45, 7) is 3.57. The van der Waals surface area contributed by atoms with Gasteiger partial charge in [0.25, 0.3) is 0 Å². The molecule has 1 aromatic heterocycles. The highest BCUT2D eigenvalue weighted by atomic mass is 15.2. The fraction of sp³-hybridized carbons (Fsp3) is 0.722. The summed E-state index contributed by atoms with van der Waals surface area (Å²) in [5.74, 6) is 4.28. The van der Waals surface area contributed by atoms with E-state index in [1.54, 1.807) is 0 Å². The quantitative estimate of drug-likeness (QED) is 0.870. The summed E-state index contributed by atoms with van der Waals surface area (Å²) in [5.41, 5.74) is 0. The predicted molar refractivity (Wildman–Crippen MR) is 86.4 cm³/mol. The van der Waals surface area contributed by atoms with Crippen molar-refractivity contribution in [3.8, 4) is 0 Å². The van der Waals surface area contributed by atoms with E-state index in [0.717, 1.165) is 42.7 Å². The number of hydrogen-bond acceptors (Lipinski definition) is 3. The highest BCUT2D eigenvalue weighted by Crippen LogP contribution is 2.48. The summed E-state index contributed by atoms with van der Waals surface area (Å²) >= 11 is 0. The lowest BCUT2D eigenvalue weighted by molar-refractivity contribution is 0.329. The number of piperidine rings is 1. The molecule has 0 bridgehead atoms. The molecule has 2 heterocycles. The van der Waals surface area contributed by atoms with Crippen molar-refractivity contribution in [3.05, 3.63) is 24.4 Å². The van der Waals surface area contributed by atoms with Crippen LogP contribution in [0, 0.1) is 17.8 Å². The summed E-state index contributed by atoms with van der Waals surface area (Å²) in [5, 5.41) is 3.89. The van der Waals surface area contributed by atoms with Crippen LogP contribution in [0.3, 0.4) is 0 Å². The first-order chi connectivity index (χ1) is 10.4. The Kier molecular flexibility index (Phi) is 3.85. The van der Waals surface area contributed by atoms with Crippen molar-refractivity contribution in [3.63, 3.8) is 0 Å². The summed E-state index contributed by atoms with van der Waals surface area (Å²) in [6, 6.07) is 6.94. The Morgan fingerprint density at radius 2 is 1.76 bits per heavy atom. The number of nitrogens with zero attached hydrogens (tertiary/aromatic N) is 2. The van der Waals surface area contributed by atoms with Gasteiger partial charge in [-0.1, -0.05) is 6.07 Å². The van der Waals surface area contributed by atoms with Gasteiger partial charge in [0.05, 0.1) is 0 Å². The van der Waals surface area contributed by atoms with Gasteiger partial charge in [0.1, 0.15) is 5.82 Å². The Labute approximate surface area is 128 Å². The molecule has 0 unspecified atom stereocenters. The van der Waals surface area contributed by atoms with E-state index in [4.69, 9.17) is 0 Å². The molecule has 3 fully saturated rings. The topological polar surface area (TPSA) is 28.2 Å². The molecule has 0 aromatic carbocycles. The standard InChI is InChI=1S/C18H27N3/c1-2-10-19-18(3-1)21-11-8-16(9-12-21)20-13-17(14-4-5-14)15-6-7-15/h1-3,10,14-17,20H,4-9,11-13H2. The van der Waals surface area contributed by atoms with Gasteiger partial charge in [-0.15, -0.1) is 0 Å². The lowest BCUT2D eigenvalue weighted by Gasteiger charge is -2.34. The van der Waals surface area contributed by atoms with E-state index in [9.17, 15) is 0 Å². The molecule has 3 heteroatoms. The molecule has 3 nitrogen and oxygen atoms in total. The average molecular weight is 285 g/mol. The van der Waals surface area contributed by atoms with Gasteiger partial charge >= 0.3 is 0 Å². The minimum Gasteiger partial charge on any atom is -0.357 e. The van der Waals surface area contributed by atoms with Gasteiger partial charge in [-0.2, -0.15) is 0 Å². The van der Waals surface area contributed by atoms with Gasteiger partial charge in [0.2, 0.25) is 0 Å². The van der Waals surface area contributed by atoms with E-state index in [-0.39, 0.29) is 0 Å². The van der Waals surface area contributed by atoms with Crippen molar-refractivity contribution >= 4 is 5.82 Å². The fourth-order valence-corrected chi connectivity index (χ4v) is 3.92. The largest absolute Gasteiger partial charge is 0.357 e. The van der Waals surface area contributed by atoms with Crippen molar-refractivity contribution in [1.82, 2.24) is 10.3 Å². The van der Waals surface area contributed by atoms with Crippen LogP contribution in [0.15, 0.2) is 24.4 Å². The monoisotopic (exact) mass is 285 g/mol. The van der Waals surface area contributed by atoms with E-state index >= 15 is 0 Å². The van der Waals surface area contributed by atoms with Crippen LogP contribution in [-0.4, -0.2) is 30.7 Å². The maximum Gasteiger partial charge on any atom is 0.128 e. The van der Waals surface area contributed by atoms with E-state index in [1.807, 2.05) is 12.3 Å². The molecule has 0 radical (unpaired) electrons. The van der Waals surface area contributed by atoms with Crippen molar-refractivity contribution in [1.29, 1.82) is 0 Å². The molecule has 1 saturated heterocycles. The number of anilines is 1. The SMILES string of the molecule is c1ccc(N2CCC(NCC(C3CC3)C3CC3)CC2)nc1. The molecular weight excluding hydrogens is 258 g/mol. The van der Waals surface area contributed by atoms with Crippen LogP contribution in [0.2, 0.25) is 0 Å². The smallest absolute Gasteiger partial charge is 0.128 e. The zero-order valence-corrected chi connectivity index (χ0v) is 12.9. The molecule has 3 aliphatic rings. The van der Waals surface area contributed by atoms with Crippen molar-refractivity contribution < 1.29 is 0 Å². The summed E-state index contributed by atoms with van der Waals surface area (Å²) in [6.07, 6.45) is 10.4. The second-order valence-electron chi connectivity index (χ2n) is 7.20. The maximum absolute atomic E-state index is 4.47. The van der Waals surface area contributed by atoms with Crippen molar-refractivity contribution in [2.45, 2.75) is 44.6 Å². The third-order valence-corrected chi connectivity index (χ3v) is 5.57. The predicted octanol–water partition coefficient (Wildman–Crippen LogP) is 3.08. The zero-order valence-electron chi connectivity index (χ0n) is 12.9. The summed E-state index contributed by atoms with van der Waals surface area (Å²) in [7, 11) is 0. The van der Waals surface area contributed by atoms with Crippen molar-refractivity contribution in [2.24, 2.45) is 17.8 Å². The van der Waals surface area contributed by atoms with Gasteiger partial charge in [-0.25, -0.2) is 4.98 Å².